The molecule has 0 spiro atoms. The second kappa shape index (κ2) is 3.87. The topological polar surface area (TPSA) is 49.6 Å². The molecule has 0 radical (unpaired) electrons. The lowest BCUT2D eigenvalue weighted by atomic mass is 10.2. The van der Waals surface area contributed by atoms with Crippen molar-refractivity contribution in [3.8, 4) is 0 Å². The van der Waals surface area contributed by atoms with Crippen molar-refractivity contribution in [2.45, 2.75) is 13.0 Å². The fourth-order valence-electron chi connectivity index (χ4n) is 1.39. The van der Waals surface area contributed by atoms with Gasteiger partial charge in [-0.15, -0.1) is 0 Å². The van der Waals surface area contributed by atoms with Gasteiger partial charge in [0.2, 0.25) is 5.91 Å². The lowest BCUT2D eigenvalue weighted by Crippen LogP contribution is -2.52. The normalized spacial score (nSPS) is 23.8. The highest BCUT2D eigenvalue weighted by Gasteiger charge is 2.21. The smallest absolute Gasteiger partial charge is 0.234 e. The molecule has 1 saturated heterocycles. The summed E-state index contributed by atoms with van der Waals surface area (Å²) in [4.78, 5) is 15.2. The first-order valence-electron chi connectivity index (χ1n) is 4.33. The van der Waals surface area contributed by atoms with Gasteiger partial charge in [-0.3, -0.25) is 9.69 Å². The fraction of sp³-hybridized carbons (Fsp3) is 0.875. The number of piperazine rings is 1. The summed E-state index contributed by atoms with van der Waals surface area (Å²) in [5.41, 5.74) is 5.21. The minimum atomic E-state index is -0.223. The number of carbonyl (C=O) groups excluding carboxylic acids is 1. The van der Waals surface area contributed by atoms with E-state index >= 15 is 0 Å². The molecule has 4 nitrogen and oxygen atoms in total. The monoisotopic (exact) mass is 171 g/mol. The molecule has 0 bridgehead atoms. The van der Waals surface area contributed by atoms with Gasteiger partial charge in [0.05, 0.1) is 6.04 Å². The van der Waals surface area contributed by atoms with Gasteiger partial charge in [0, 0.05) is 26.2 Å². The molecule has 1 rings (SSSR count). The van der Waals surface area contributed by atoms with Gasteiger partial charge in [0.15, 0.2) is 0 Å². The van der Waals surface area contributed by atoms with Gasteiger partial charge >= 0.3 is 0 Å². The summed E-state index contributed by atoms with van der Waals surface area (Å²) in [5, 5.41) is 0. The van der Waals surface area contributed by atoms with Crippen LogP contribution in [-0.2, 0) is 4.79 Å². The van der Waals surface area contributed by atoms with Crippen LogP contribution < -0.4 is 5.73 Å². The minimum absolute atomic E-state index is 0.112. The van der Waals surface area contributed by atoms with Crippen molar-refractivity contribution in [3.05, 3.63) is 0 Å². The second-order valence-electron chi connectivity index (χ2n) is 3.42. The Hall–Kier alpha value is -0.610. The molecule has 0 saturated carbocycles. The van der Waals surface area contributed by atoms with Crippen LogP contribution in [0.25, 0.3) is 0 Å². The number of nitrogens with two attached hydrogens (primary N) is 1. The number of likely N-dealkylation sites (N-methyl/N-ethyl adjacent to an activating group) is 1. The zero-order chi connectivity index (χ0) is 9.14. The molecule has 1 atom stereocenters. The Morgan fingerprint density at radius 1 is 1.33 bits per heavy atom. The Kier molecular flexibility index (Phi) is 3.05. The zero-order valence-corrected chi connectivity index (χ0v) is 7.79. The molecule has 0 aliphatic carbocycles. The Balaban J connectivity index is 2.39. The van der Waals surface area contributed by atoms with Crippen molar-refractivity contribution in [1.82, 2.24) is 9.80 Å². The van der Waals surface area contributed by atoms with Gasteiger partial charge in [-0.05, 0) is 14.0 Å². The van der Waals surface area contributed by atoms with E-state index in [9.17, 15) is 4.79 Å². The van der Waals surface area contributed by atoms with E-state index in [4.69, 9.17) is 5.73 Å². The summed E-state index contributed by atoms with van der Waals surface area (Å²) in [5.74, 6) is -0.223. The van der Waals surface area contributed by atoms with Gasteiger partial charge in [-0.1, -0.05) is 0 Å². The first-order chi connectivity index (χ1) is 5.61. The quantitative estimate of drug-likeness (QED) is 0.586. The van der Waals surface area contributed by atoms with Crippen LogP contribution in [0.2, 0.25) is 0 Å². The average Bonchev–Trinajstić information content (AvgIpc) is 2.04. The van der Waals surface area contributed by atoms with Crippen molar-refractivity contribution in [2.75, 3.05) is 33.2 Å². The van der Waals surface area contributed by atoms with Crippen LogP contribution in [0.4, 0.5) is 0 Å². The van der Waals surface area contributed by atoms with E-state index in [1.165, 1.54) is 0 Å². The van der Waals surface area contributed by atoms with Crippen LogP contribution in [0, 0.1) is 0 Å². The molecule has 0 unspecified atom stereocenters. The third-order valence-electron chi connectivity index (χ3n) is 2.50. The van der Waals surface area contributed by atoms with E-state index in [0.29, 0.717) is 0 Å². The Morgan fingerprint density at radius 3 is 2.25 bits per heavy atom. The Morgan fingerprint density at radius 2 is 1.83 bits per heavy atom. The van der Waals surface area contributed by atoms with E-state index in [1.807, 2.05) is 6.92 Å². The van der Waals surface area contributed by atoms with Crippen LogP contribution >= 0.6 is 0 Å². The van der Waals surface area contributed by atoms with Crippen molar-refractivity contribution in [1.29, 1.82) is 0 Å². The maximum absolute atomic E-state index is 10.8. The largest absolute Gasteiger partial charge is 0.368 e. The number of hydrogen-bond acceptors (Lipinski definition) is 3. The lowest BCUT2D eigenvalue weighted by molar-refractivity contribution is -0.123. The van der Waals surface area contributed by atoms with Crippen LogP contribution in [0.15, 0.2) is 0 Å². The average molecular weight is 171 g/mol. The molecule has 70 valence electrons. The van der Waals surface area contributed by atoms with Crippen molar-refractivity contribution in [3.63, 3.8) is 0 Å². The molecular formula is C8H17N3O. The van der Waals surface area contributed by atoms with Crippen LogP contribution in [-0.4, -0.2) is 55.0 Å². The zero-order valence-electron chi connectivity index (χ0n) is 7.79. The molecule has 1 heterocycles. The first-order valence-corrected chi connectivity index (χ1v) is 4.33. The summed E-state index contributed by atoms with van der Waals surface area (Å²) in [6.45, 7) is 5.81. The molecule has 0 aromatic rings. The highest BCUT2D eigenvalue weighted by Crippen LogP contribution is 2.03. The first kappa shape index (κ1) is 9.48. The number of primary amides is 1. The standard InChI is InChI=1S/C8H17N3O/c1-7(8(9)12)11-5-3-10(2)4-6-11/h7H,3-6H2,1-2H3,(H2,9,12)/t7-/m1/s1. The molecule has 12 heavy (non-hydrogen) atoms. The van der Waals surface area contributed by atoms with Crippen LogP contribution in [0.3, 0.4) is 0 Å². The fourth-order valence-corrected chi connectivity index (χ4v) is 1.39. The van der Waals surface area contributed by atoms with E-state index in [0.717, 1.165) is 26.2 Å². The number of carbonyl (C=O) groups is 1. The third-order valence-corrected chi connectivity index (χ3v) is 2.50. The summed E-state index contributed by atoms with van der Waals surface area (Å²) in [6, 6.07) is -0.112. The SMILES string of the molecule is C[C@H](C(N)=O)N1CCN(C)CC1. The predicted molar refractivity (Wildman–Crippen MR) is 47.7 cm³/mol. The predicted octanol–water partition coefficient (Wildman–Crippen LogP) is -0.892. The Bertz CT molecular complexity index is 164. The number of nitrogens with zero attached hydrogens (tertiary/aromatic N) is 2. The number of rotatable bonds is 2. The van der Waals surface area contributed by atoms with Crippen molar-refractivity contribution < 1.29 is 4.79 Å². The Labute approximate surface area is 73.3 Å². The summed E-state index contributed by atoms with van der Waals surface area (Å²) < 4.78 is 0. The van der Waals surface area contributed by atoms with E-state index in [1.54, 1.807) is 0 Å². The molecular weight excluding hydrogens is 154 g/mol. The van der Waals surface area contributed by atoms with E-state index < -0.39 is 0 Å². The van der Waals surface area contributed by atoms with Crippen molar-refractivity contribution >= 4 is 5.91 Å². The highest BCUT2D eigenvalue weighted by atomic mass is 16.1. The van der Waals surface area contributed by atoms with E-state index in [2.05, 4.69) is 16.8 Å². The molecule has 4 heteroatoms. The summed E-state index contributed by atoms with van der Waals surface area (Å²) in [7, 11) is 2.09. The summed E-state index contributed by atoms with van der Waals surface area (Å²) >= 11 is 0. The molecule has 1 aliphatic heterocycles. The lowest BCUT2D eigenvalue weighted by Gasteiger charge is -2.34. The second-order valence-corrected chi connectivity index (χ2v) is 3.42. The maximum atomic E-state index is 10.8. The number of amides is 1. The van der Waals surface area contributed by atoms with Crippen LogP contribution in [0.1, 0.15) is 6.92 Å². The molecule has 0 aromatic heterocycles. The van der Waals surface area contributed by atoms with Gasteiger partial charge in [0.25, 0.3) is 0 Å². The molecule has 1 fully saturated rings. The molecule has 1 amide bonds. The molecule has 1 aliphatic rings. The molecule has 2 N–H and O–H groups in total. The number of hydrogen-bond donors (Lipinski definition) is 1. The van der Waals surface area contributed by atoms with Crippen molar-refractivity contribution in [2.24, 2.45) is 5.73 Å². The van der Waals surface area contributed by atoms with Gasteiger partial charge < -0.3 is 10.6 Å². The van der Waals surface area contributed by atoms with Gasteiger partial charge in [-0.2, -0.15) is 0 Å². The summed E-state index contributed by atoms with van der Waals surface area (Å²) in [6.07, 6.45) is 0. The molecule has 0 aromatic carbocycles. The maximum Gasteiger partial charge on any atom is 0.234 e. The highest BCUT2D eigenvalue weighted by molar-refractivity contribution is 5.79. The van der Waals surface area contributed by atoms with E-state index in [-0.39, 0.29) is 11.9 Å². The minimum Gasteiger partial charge on any atom is -0.368 e. The van der Waals surface area contributed by atoms with Gasteiger partial charge in [0.1, 0.15) is 0 Å². The van der Waals surface area contributed by atoms with Crippen LogP contribution in [0.5, 0.6) is 0 Å². The van der Waals surface area contributed by atoms with Gasteiger partial charge in [-0.25, -0.2) is 0 Å². The third kappa shape index (κ3) is 2.19.